The fraction of sp³-hybridized carbons (Fsp3) is 0.364. The predicted molar refractivity (Wildman–Crippen MR) is 187 cm³/mol. The molecule has 0 bridgehead atoms. The molecular weight excluding hydrogens is 691 g/mol. The number of carbonyl (C=O) groups is 5. The zero-order valence-electron chi connectivity index (χ0n) is 27.1. The first-order chi connectivity index (χ1) is 23.4. The molecule has 49 heavy (non-hydrogen) atoms. The summed E-state index contributed by atoms with van der Waals surface area (Å²) in [5, 5.41) is 10.2. The van der Waals surface area contributed by atoms with E-state index in [0.29, 0.717) is 12.2 Å². The second-order valence-electron chi connectivity index (χ2n) is 12.0. The summed E-state index contributed by atoms with van der Waals surface area (Å²) >= 11 is 3.73. The second-order valence-corrected chi connectivity index (χ2v) is 15.2. The number of thioether (sulfide) groups is 2. The fourth-order valence-corrected chi connectivity index (χ4v) is 8.31. The zero-order valence-corrected chi connectivity index (χ0v) is 29.6. The highest BCUT2D eigenvalue weighted by molar-refractivity contribution is 8.04. The molecule has 0 radical (unpaired) electrons. The Hall–Kier alpha value is -4.41. The van der Waals surface area contributed by atoms with E-state index in [1.807, 2.05) is 66.9 Å². The van der Waals surface area contributed by atoms with Crippen molar-refractivity contribution in [1.82, 2.24) is 15.2 Å². The first kappa shape index (κ1) is 35.9. The van der Waals surface area contributed by atoms with Crippen LogP contribution in [0.2, 0.25) is 0 Å². The Morgan fingerprint density at radius 2 is 1.78 bits per heavy atom. The Morgan fingerprint density at radius 3 is 2.37 bits per heavy atom. The van der Waals surface area contributed by atoms with Crippen LogP contribution in [0.3, 0.4) is 0 Å². The van der Waals surface area contributed by atoms with Crippen LogP contribution in [0.15, 0.2) is 71.2 Å². The molecule has 3 heterocycles. The highest BCUT2D eigenvalue weighted by atomic mass is 32.2. The Labute approximate surface area is 295 Å². The van der Waals surface area contributed by atoms with Gasteiger partial charge in [0.15, 0.2) is 16.9 Å². The van der Waals surface area contributed by atoms with Crippen molar-refractivity contribution >= 4 is 75.9 Å². The van der Waals surface area contributed by atoms with E-state index in [4.69, 9.17) is 14.3 Å². The lowest BCUT2D eigenvalue weighted by Crippen LogP contribution is -2.75. The van der Waals surface area contributed by atoms with Crippen LogP contribution in [0.5, 0.6) is 0 Å². The van der Waals surface area contributed by atoms with Gasteiger partial charge in [0, 0.05) is 17.7 Å². The van der Waals surface area contributed by atoms with Gasteiger partial charge in [-0.25, -0.2) is 9.78 Å². The maximum atomic E-state index is 13.9. The van der Waals surface area contributed by atoms with Crippen molar-refractivity contribution in [2.24, 2.45) is 5.16 Å². The Morgan fingerprint density at radius 1 is 1.12 bits per heavy atom. The van der Waals surface area contributed by atoms with E-state index >= 15 is 0 Å². The SMILES string of the molecule is CSC1(C(=O)OC(c2ccccc2)c2ccccc2)CS[C@@H]2C(NC(=O)C(=NOCC(=O)OC(C)(C)C)c3csc(NC=O)n3)C(=O)N2C1. The van der Waals surface area contributed by atoms with Crippen LogP contribution in [0, 0.1) is 0 Å². The standard InChI is InChI=1S/C33H35N5O8S3/c1-32(2,3)46-23(40)15-44-37-24(22-16-48-31(35-22)34-19-39)27(41)36-25-28(42)38-17-33(47-4,18-49-29(25)38)30(43)45-26(20-11-7-5-8-12-20)21-13-9-6-10-14-21/h5-14,16,19,25-26,29H,15,17-18H2,1-4H3,(H,36,41)(H,34,35,39)/t25?,29-,33?/m1/s1. The van der Waals surface area contributed by atoms with Gasteiger partial charge in [0.1, 0.15) is 27.5 Å². The van der Waals surface area contributed by atoms with Gasteiger partial charge in [0.25, 0.3) is 5.91 Å². The number of carbonyl (C=O) groups excluding carboxylic acids is 5. The monoisotopic (exact) mass is 725 g/mol. The topological polar surface area (TPSA) is 166 Å². The Bertz CT molecular complexity index is 1680. The zero-order chi connectivity index (χ0) is 35.2. The van der Waals surface area contributed by atoms with E-state index in [0.717, 1.165) is 22.5 Å². The molecule has 0 aliphatic carbocycles. The minimum atomic E-state index is -1.04. The van der Waals surface area contributed by atoms with E-state index in [2.05, 4.69) is 20.8 Å². The third kappa shape index (κ3) is 8.43. The van der Waals surface area contributed by atoms with Crippen molar-refractivity contribution in [2.45, 2.75) is 48.6 Å². The highest BCUT2D eigenvalue weighted by Crippen LogP contribution is 2.44. The molecule has 2 saturated heterocycles. The number of ether oxygens (including phenoxy) is 2. The summed E-state index contributed by atoms with van der Waals surface area (Å²) in [6.45, 7) is 4.62. The van der Waals surface area contributed by atoms with Crippen LogP contribution >= 0.6 is 34.9 Å². The van der Waals surface area contributed by atoms with E-state index in [1.165, 1.54) is 28.9 Å². The molecule has 1 aromatic heterocycles. The number of oxime groups is 1. The van der Waals surface area contributed by atoms with E-state index in [1.54, 1.807) is 25.7 Å². The predicted octanol–water partition coefficient (Wildman–Crippen LogP) is 3.61. The maximum Gasteiger partial charge on any atom is 0.347 e. The number of fused-ring (bicyclic) bond motifs is 1. The van der Waals surface area contributed by atoms with Crippen LogP contribution in [0.4, 0.5) is 5.13 Å². The van der Waals surface area contributed by atoms with Crippen molar-refractivity contribution in [3.63, 3.8) is 0 Å². The number of thiazole rings is 1. The first-order valence-corrected chi connectivity index (χ1v) is 18.3. The lowest BCUT2D eigenvalue weighted by molar-refractivity contribution is -0.160. The van der Waals surface area contributed by atoms with Crippen LogP contribution in [-0.2, 0) is 38.3 Å². The van der Waals surface area contributed by atoms with Gasteiger partial charge in [-0.1, -0.05) is 65.8 Å². The fourth-order valence-electron chi connectivity index (χ4n) is 5.11. The molecule has 13 nitrogen and oxygen atoms in total. The first-order valence-electron chi connectivity index (χ1n) is 15.1. The van der Waals surface area contributed by atoms with Gasteiger partial charge >= 0.3 is 11.9 Å². The minimum Gasteiger partial charge on any atom is -0.457 e. The number of rotatable bonds is 13. The van der Waals surface area contributed by atoms with Gasteiger partial charge in [0.2, 0.25) is 18.9 Å². The number of β-lactam (4-membered cyclic amide) rings is 1. The van der Waals surface area contributed by atoms with Gasteiger partial charge in [-0.15, -0.1) is 34.9 Å². The Balaban J connectivity index is 1.28. The number of amides is 3. The van der Waals surface area contributed by atoms with Crippen LogP contribution in [-0.4, -0.2) is 92.7 Å². The third-order valence-electron chi connectivity index (χ3n) is 7.44. The van der Waals surface area contributed by atoms with E-state index < -0.39 is 52.3 Å². The number of nitrogens with zero attached hydrogens (tertiary/aromatic N) is 3. The third-order valence-corrected chi connectivity index (χ3v) is 11.1. The number of esters is 2. The second kappa shape index (κ2) is 15.4. The number of hydrogen-bond donors (Lipinski definition) is 2. The van der Waals surface area contributed by atoms with E-state index in [9.17, 15) is 24.0 Å². The lowest BCUT2D eigenvalue weighted by atomic mass is 10.00. The maximum absolute atomic E-state index is 13.9. The van der Waals surface area contributed by atoms with Gasteiger partial charge in [-0.2, -0.15) is 0 Å². The van der Waals surface area contributed by atoms with Crippen molar-refractivity contribution in [1.29, 1.82) is 0 Å². The molecule has 3 amide bonds. The average Bonchev–Trinajstić information content (AvgIpc) is 3.55. The van der Waals surface area contributed by atoms with Crippen LogP contribution in [0.1, 0.15) is 43.7 Å². The number of benzene rings is 2. The Kier molecular flexibility index (Phi) is 11.3. The quantitative estimate of drug-likeness (QED) is 0.0870. The van der Waals surface area contributed by atoms with Crippen LogP contribution < -0.4 is 10.6 Å². The van der Waals surface area contributed by atoms with Gasteiger partial charge in [-0.05, 0) is 38.2 Å². The molecule has 2 unspecified atom stereocenters. The molecule has 0 spiro atoms. The van der Waals surface area contributed by atoms with Crippen molar-refractivity contribution < 1.29 is 38.3 Å². The molecule has 2 aromatic carbocycles. The molecular formula is C33H35N5O8S3. The number of anilines is 1. The van der Waals surface area contributed by atoms with Crippen molar-refractivity contribution in [3.8, 4) is 0 Å². The molecule has 258 valence electrons. The van der Waals surface area contributed by atoms with Gasteiger partial charge in [-0.3, -0.25) is 19.2 Å². The van der Waals surface area contributed by atoms with Crippen molar-refractivity contribution in [3.05, 3.63) is 82.9 Å². The molecule has 0 saturated carbocycles. The molecule has 5 rings (SSSR count). The summed E-state index contributed by atoms with van der Waals surface area (Å²) in [5.41, 5.74) is 0.652. The van der Waals surface area contributed by atoms with Gasteiger partial charge < -0.3 is 29.8 Å². The number of nitrogens with one attached hydrogen (secondary N) is 2. The lowest BCUT2D eigenvalue weighted by Gasteiger charge is -2.53. The summed E-state index contributed by atoms with van der Waals surface area (Å²) in [6.07, 6.45) is 1.62. The van der Waals surface area contributed by atoms with Crippen LogP contribution in [0.25, 0.3) is 0 Å². The normalized spacial score (nSPS) is 20.5. The molecule has 2 aliphatic heterocycles. The van der Waals surface area contributed by atoms with Gasteiger partial charge in [0.05, 0.1) is 0 Å². The molecule has 3 aromatic rings. The minimum absolute atomic E-state index is 0.0616. The summed E-state index contributed by atoms with van der Waals surface area (Å²) in [4.78, 5) is 74.8. The van der Waals surface area contributed by atoms with E-state index in [-0.39, 0.29) is 29.0 Å². The summed E-state index contributed by atoms with van der Waals surface area (Å²) in [5.74, 6) is -1.97. The number of aromatic nitrogens is 1. The average molecular weight is 726 g/mol. The molecule has 2 fully saturated rings. The van der Waals surface area contributed by atoms with Crippen molar-refractivity contribution in [2.75, 3.05) is 30.5 Å². The largest absolute Gasteiger partial charge is 0.457 e. The summed E-state index contributed by atoms with van der Waals surface area (Å²) in [6, 6.07) is 18.0. The smallest absolute Gasteiger partial charge is 0.347 e. The highest BCUT2D eigenvalue weighted by Gasteiger charge is 2.58. The summed E-state index contributed by atoms with van der Waals surface area (Å²) in [7, 11) is 0. The molecule has 2 aliphatic rings. The molecule has 16 heteroatoms. The molecule has 2 N–H and O–H groups in total. The summed E-state index contributed by atoms with van der Waals surface area (Å²) < 4.78 is 10.4. The molecule has 3 atom stereocenters. The number of hydrogen-bond acceptors (Lipinski definition) is 13.